The average Bonchev–Trinajstić information content (AvgIpc) is 2.44. The lowest BCUT2D eigenvalue weighted by Crippen LogP contribution is -2.42. The molecule has 1 fully saturated rings. The van der Waals surface area contributed by atoms with E-state index in [4.69, 9.17) is 9.47 Å². The standard InChI is InChI=1S/C18H24O2/c1-11-9-12(2)17-13(3)15(11)10-20-18(17)14-7-5-6-8-16(14)19-4/h5-9,11,13,15,17-18H,10H2,1-4H3/t11-,13+,15+,17+,18+/m1/s1. The van der Waals surface area contributed by atoms with Crippen molar-refractivity contribution in [2.45, 2.75) is 26.9 Å². The topological polar surface area (TPSA) is 18.5 Å². The summed E-state index contributed by atoms with van der Waals surface area (Å²) >= 11 is 0. The number of para-hydroxylation sites is 1. The normalized spacial score (nSPS) is 36.4. The molecule has 1 aromatic carbocycles. The average molecular weight is 272 g/mol. The zero-order valence-corrected chi connectivity index (χ0v) is 12.8. The highest BCUT2D eigenvalue weighted by Crippen LogP contribution is 2.50. The van der Waals surface area contributed by atoms with Gasteiger partial charge in [-0.3, -0.25) is 0 Å². The largest absolute Gasteiger partial charge is 0.496 e. The smallest absolute Gasteiger partial charge is 0.124 e. The molecule has 0 unspecified atom stereocenters. The third-order valence-electron chi connectivity index (χ3n) is 5.21. The number of ether oxygens (including phenoxy) is 2. The summed E-state index contributed by atoms with van der Waals surface area (Å²) in [6.07, 6.45) is 2.57. The molecule has 20 heavy (non-hydrogen) atoms. The van der Waals surface area contributed by atoms with E-state index in [1.165, 1.54) is 11.1 Å². The van der Waals surface area contributed by atoms with E-state index >= 15 is 0 Å². The molecular weight excluding hydrogens is 248 g/mol. The predicted octanol–water partition coefficient (Wildman–Crippen LogP) is 4.23. The molecule has 1 heterocycles. The summed E-state index contributed by atoms with van der Waals surface area (Å²) in [5.41, 5.74) is 2.66. The fraction of sp³-hybridized carbons (Fsp3) is 0.556. The Hall–Kier alpha value is -1.28. The van der Waals surface area contributed by atoms with Crippen molar-refractivity contribution in [3.63, 3.8) is 0 Å². The molecule has 0 spiro atoms. The fourth-order valence-electron chi connectivity index (χ4n) is 4.13. The van der Waals surface area contributed by atoms with E-state index in [9.17, 15) is 0 Å². The summed E-state index contributed by atoms with van der Waals surface area (Å²) in [6.45, 7) is 7.80. The van der Waals surface area contributed by atoms with E-state index in [-0.39, 0.29) is 6.10 Å². The van der Waals surface area contributed by atoms with E-state index in [1.807, 2.05) is 12.1 Å². The van der Waals surface area contributed by atoms with Crippen LogP contribution >= 0.6 is 0 Å². The highest BCUT2D eigenvalue weighted by molar-refractivity contribution is 5.37. The molecule has 1 aliphatic heterocycles. The van der Waals surface area contributed by atoms with Gasteiger partial charge in [0.15, 0.2) is 0 Å². The van der Waals surface area contributed by atoms with Gasteiger partial charge in [-0.05, 0) is 30.7 Å². The van der Waals surface area contributed by atoms with E-state index in [0.29, 0.717) is 23.7 Å². The zero-order chi connectivity index (χ0) is 14.3. The van der Waals surface area contributed by atoms with Gasteiger partial charge in [0.1, 0.15) is 5.75 Å². The second-order valence-corrected chi connectivity index (χ2v) is 6.31. The Bertz CT molecular complexity index is 520. The highest BCUT2D eigenvalue weighted by atomic mass is 16.5. The van der Waals surface area contributed by atoms with Crippen LogP contribution in [0.5, 0.6) is 5.75 Å². The van der Waals surface area contributed by atoms with Gasteiger partial charge in [-0.2, -0.15) is 0 Å². The van der Waals surface area contributed by atoms with Crippen LogP contribution in [0.2, 0.25) is 0 Å². The lowest BCUT2D eigenvalue weighted by molar-refractivity contribution is -0.0941. The van der Waals surface area contributed by atoms with Gasteiger partial charge in [-0.25, -0.2) is 0 Å². The Labute approximate surface area is 121 Å². The summed E-state index contributed by atoms with van der Waals surface area (Å²) in [5, 5.41) is 0. The minimum Gasteiger partial charge on any atom is -0.496 e. The molecule has 5 atom stereocenters. The first kappa shape index (κ1) is 13.7. The molecule has 2 nitrogen and oxygen atoms in total. The Kier molecular flexibility index (Phi) is 3.59. The van der Waals surface area contributed by atoms with Gasteiger partial charge in [0.2, 0.25) is 0 Å². The molecule has 0 amide bonds. The highest BCUT2D eigenvalue weighted by Gasteiger charge is 2.44. The van der Waals surface area contributed by atoms with Crippen LogP contribution in [-0.4, -0.2) is 13.7 Å². The van der Waals surface area contributed by atoms with Gasteiger partial charge in [-0.15, -0.1) is 0 Å². The Morgan fingerprint density at radius 1 is 1.20 bits per heavy atom. The molecule has 2 heteroatoms. The monoisotopic (exact) mass is 272 g/mol. The number of allylic oxidation sites excluding steroid dienone is 1. The Balaban J connectivity index is 2.01. The van der Waals surface area contributed by atoms with Crippen molar-refractivity contribution >= 4 is 0 Å². The third-order valence-corrected chi connectivity index (χ3v) is 5.21. The maximum atomic E-state index is 6.26. The van der Waals surface area contributed by atoms with Crippen LogP contribution in [-0.2, 0) is 4.74 Å². The fourth-order valence-corrected chi connectivity index (χ4v) is 4.13. The zero-order valence-electron chi connectivity index (χ0n) is 12.8. The van der Waals surface area contributed by atoms with E-state index in [0.717, 1.165) is 12.4 Å². The summed E-state index contributed by atoms with van der Waals surface area (Å²) in [6, 6.07) is 8.26. The van der Waals surface area contributed by atoms with Crippen LogP contribution in [0.15, 0.2) is 35.9 Å². The van der Waals surface area contributed by atoms with Gasteiger partial charge in [0, 0.05) is 11.5 Å². The minimum absolute atomic E-state index is 0.126. The first-order chi connectivity index (χ1) is 9.63. The first-order valence-electron chi connectivity index (χ1n) is 7.56. The molecule has 0 saturated carbocycles. The maximum absolute atomic E-state index is 6.26. The molecule has 0 radical (unpaired) electrons. The number of fused-ring (bicyclic) bond motifs is 2. The van der Waals surface area contributed by atoms with Gasteiger partial charge in [0.25, 0.3) is 0 Å². The predicted molar refractivity (Wildman–Crippen MR) is 80.8 cm³/mol. The summed E-state index contributed by atoms with van der Waals surface area (Å²) < 4.78 is 11.8. The molecule has 3 rings (SSSR count). The van der Waals surface area contributed by atoms with Crippen molar-refractivity contribution in [3.8, 4) is 5.75 Å². The lowest BCUT2D eigenvalue weighted by Gasteiger charge is -2.47. The number of hydrogen-bond acceptors (Lipinski definition) is 2. The molecule has 1 aromatic rings. The molecule has 0 aromatic heterocycles. The molecule has 1 saturated heterocycles. The van der Waals surface area contributed by atoms with Crippen molar-refractivity contribution in [1.29, 1.82) is 0 Å². The van der Waals surface area contributed by atoms with Crippen LogP contribution in [0.1, 0.15) is 32.4 Å². The Morgan fingerprint density at radius 3 is 2.70 bits per heavy atom. The van der Waals surface area contributed by atoms with Gasteiger partial charge < -0.3 is 9.47 Å². The van der Waals surface area contributed by atoms with Crippen molar-refractivity contribution in [1.82, 2.24) is 0 Å². The van der Waals surface area contributed by atoms with Crippen LogP contribution in [0.4, 0.5) is 0 Å². The molecule has 1 aliphatic carbocycles. The lowest BCUT2D eigenvalue weighted by atomic mass is 9.64. The Morgan fingerprint density at radius 2 is 1.95 bits per heavy atom. The SMILES string of the molecule is COc1ccccc1[C@@H]1OC[C@@H]2[C@H](C)[C@@H]1C(C)=C[C@H]2C. The van der Waals surface area contributed by atoms with Crippen LogP contribution in [0, 0.1) is 23.7 Å². The molecule has 2 aliphatic rings. The molecular formula is C18H24O2. The van der Waals surface area contributed by atoms with Crippen LogP contribution in [0.3, 0.4) is 0 Å². The van der Waals surface area contributed by atoms with Crippen LogP contribution in [0.25, 0.3) is 0 Å². The minimum atomic E-state index is 0.126. The van der Waals surface area contributed by atoms with Crippen LogP contribution < -0.4 is 4.74 Å². The summed E-state index contributed by atoms with van der Waals surface area (Å²) in [5.74, 6) is 3.35. The van der Waals surface area contributed by atoms with Gasteiger partial charge >= 0.3 is 0 Å². The number of benzene rings is 1. The van der Waals surface area contributed by atoms with Crippen molar-refractivity contribution in [2.24, 2.45) is 23.7 Å². The first-order valence-corrected chi connectivity index (χ1v) is 7.56. The number of hydrogen-bond donors (Lipinski definition) is 0. The van der Waals surface area contributed by atoms with E-state index in [1.54, 1.807) is 7.11 Å². The quantitative estimate of drug-likeness (QED) is 0.750. The van der Waals surface area contributed by atoms with Crippen molar-refractivity contribution < 1.29 is 9.47 Å². The van der Waals surface area contributed by atoms with Crippen molar-refractivity contribution in [3.05, 3.63) is 41.5 Å². The summed E-state index contributed by atoms with van der Waals surface area (Å²) in [7, 11) is 1.74. The number of methoxy groups -OCH3 is 1. The molecule has 2 bridgehead atoms. The number of rotatable bonds is 2. The second-order valence-electron chi connectivity index (χ2n) is 6.31. The van der Waals surface area contributed by atoms with Gasteiger partial charge in [0.05, 0.1) is 19.8 Å². The van der Waals surface area contributed by atoms with E-state index < -0.39 is 0 Å². The molecule has 108 valence electrons. The third kappa shape index (κ3) is 2.07. The molecule has 0 N–H and O–H groups in total. The maximum Gasteiger partial charge on any atom is 0.124 e. The van der Waals surface area contributed by atoms with Gasteiger partial charge in [-0.1, -0.05) is 43.7 Å². The van der Waals surface area contributed by atoms with E-state index in [2.05, 4.69) is 39.0 Å². The second kappa shape index (κ2) is 5.25. The summed E-state index contributed by atoms with van der Waals surface area (Å²) in [4.78, 5) is 0. The van der Waals surface area contributed by atoms with Crippen molar-refractivity contribution in [2.75, 3.05) is 13.7 Å².